The van der Waals surface area contributed by atoms with Gasteiger partial charge in [-0.25, -0.2) is 0 Å². The molecular formula is C22H22O4. The van der Waals surface area contributed by atoms with E-state index in [4.69, 9.17) is 9.47 Å². The summed E-state index contributed by atoms with van der Waals surface area (Å²) in [6.07, 6.45) is 11.0. The molecule has 0 aromatic heterocycles. The Balaban J connectivity index is 1.35. The van der Waals surface area contributed by atoms with Crippen molar-refractivity contribution in [1.82, 2.24) is 0 Å². The van der Waals surface area contributed by atoms with Gasteiger partial charge in [0.15, 0.2) is 11.5 Å². The highest BCUT2D eigenvalue weighted by Crippen LogP contribution is 2.68. The van der Waals surface area contributed by atoms with Crippen LogP contribution >= 0.6 is 0 Å². The molecule has 134 valence electrons. The molecule has 1 aliphatic heterocycles. The van der Waals surface area contributed by atoms with Crippen LogP contribution in [-0.2, 0) is 4.79 Å². The van der Waals surface area contributed by atoms with E-state index in [1.165, 1.54) is 12.0 Å². The van der Waals surface area contributed by atoms with Crippen molar-refractivity contribution in [2.75, 3.05) is 6.79 Å². The maximum atomic E-state index is 11.2. The largest absolute Gasteiger partial charge is 0.481 e. The van der Waals surface area contributed by atoms with E-state index >= 15 is 0 Å². The molecule has 0 radical (unpaired) electrons. The van der Waals surface area contributed by atoms with E-state index in [0.717, 1.165) is 11.5 Å². The van der Waals surface area contributed by atoms with Crippen LogP contribution in [-0.4, -0.2) is 17.9 Å². The fraction of sp³-hybridized carbons (Fsp3) is 0.500. The number of rotatable bonds is 3. The Morgan fingerprint density at radius 3 is 2.77 bits per heavy atom. The molecule has 0 bridgehead atoms. The first-order valence-electron chi connectivity index (χ1n) is 9.69. The quantitative estimate of drug-likeness (QED) is 0.842. The second-order valence-corrected chi connectivity index (χ2v) is 8.54. The third kappa shape index (κ3) is 1.88. The zero-order valence-electron chi connectivity index (χ0n) is 14.5. The van der Waals surface area contributed by atoms with Crippen molar-refractivity contribution in [1.29, 1.82) is 0 Å². The average molecular weight is 350 g/mol. The Kier molecular flexibility index (Phi) is 2.95. The number of hydrogen-bond donors (Lipinski definition) is 1. The number of carboxylic acid groups (broad SMARTS) is 1. The van der Waals surface area contributed by atoms with Gasteiger partial charge < -0.3 is 14.6 Å². The summed E-state index contributed by atoms with van der Waals surface area (Å²) in [6, 6.07) is 6.33. The molecule has 26 heavy (non-hydrogen) atoms. The van der Waals surface area contributed by atoms with E-state index in [-0.39, 0.29) is 0 Å². The van der Waals surface area contributed by atoms with Gasteiger partial charge in [-0.15, -0.1) is 0 Å². The van der Waals surface area contributed by atoms with Crippen molar-refractivity contribution in [3.63, 3.8) is 0 Å². The molecule has 2 saturated carbocycles. The molecular weight excluding hydrogens is 328 g/mol. The van der Waals surface area contributed by atoms with E-state index in [1.807, 2.05) is 6.07 Å². The summed E-state index contributed by atoms with van der Waals surface area (Å²) in [6.45, 7) is 0.309. The molecule has 1 aromatic rings. The number of allylic oxidation sites excluding steroid dienone is 4. The summed E-state index contributed by atoms with van der Waals surface area (Å²) in [5.74, 6) is 5.32. The lowest BCUT2D eigenvalue weighted by atomic mass is 9.50. The third-order valence-electron chi connectivity index (χ3n) is 7.64. The summed E-state index contributed by atoms with van der Waals surface area (Å²) < 4.78 is 11.0. The number of benzene rings is 1. The molecule has 0 spiro atoms. The van der Waals surface area contributed by atoms with E-state index < -0.39 is 5.97 Å². The summed E-state index contributed by atoms with van der Waals surface area (Å²) in [4.78, 5) is 11.2. The van der Waals surface area contributed by atoms with Gasteiger partial charge in [0.1, 0.15) is 0 Å². The lowest BCUT2D eigenvalue weighted by Gasteiger charge is -2.54. The maximum Gasteiger partial charge on any atom is 0.303 e. The molecule has 4 aliphatic carbocycles. The van der Waals surface area contributed by atoms with E-state index in [2.05, 4.69) is 36.4 Å². The van der Waals surface area contributed by atoms with Crippen LogP contribution in [0.4, 0.5) is 0 Å². The van der Waals surface area contributed by atoms with Crippen LogP contribution in [0.15, 0.2) is 42.5 Å². The molecule has 1 aromatic carbocycles. The molecule has 4 heteroatoms. The number of aliphatic carboxylic acids is 1. The van der Waals surface area contributed by atoms with Crippen molar-refractivity contribution >= 4 is 5.97 Å². The monoisotopic (exact) mass is 350 g/mol. The molecule has 8 atom stereocenters. The topological polar surface area (TPSA) is 55.8 Å². The highest BCUT2D eigenvalue weighted by molar-refractivity contribution is 5.67. The molecule has 1 N–H and O–H groups in total. The fourth-order valence-electron chi connectivity index (χ4n) is 6.72. The van der Waals surface area contributed by atoms with Crippen LogP contribution in [0.25, 0.3) is 0 Å². The van der Waals surface area contributed by atoms with Crippen molar-refractivity contribution < 1.29 is 19.4 Å². The Hall–Kier alpha value is -2.23. The molecule has 4 nitrogen and oxygen atoms in total. The van der Waals surface area contributed by atoms with Gasteiger partial charge in [-0.3, -0.25) is 4.79 Å². The Bertz CT molecular complexity index is 841. The molecule has 1 heterocycles. The van der Waals surface area contributed by atoms with Gasteiger partial charge in [-0.2, -0.15) is 0 Å². The van der Waals surface area contributed by atoms with Crippen LogP contribution in [0.2, 0.25) is 0 Å². The number of hydrogen-bond acceptors (Lipinski definition) is 3. The zero-order valence-corrected chi connectivity index (χ0v) is 14.5. The number of ether oxygens (including phenoxy) is 2. The fourth-order valence-corrected chi connectivity index (χ4v) is 6.72. The number of carbonyl (C=O) groups is 1. The van der Waals surface area contributed by atoms with Crippen LogP contribution in [0.5, 0.6) is 11.5 Å². The zero-order chi connectivity index (χ0) is 17.4. The van der Waals surface area contributed by atoms with Crippen molar-refractivity contribution in [3.8, 4) is 11.5 Å². The lowest BCUT2D eigenvalue weighted by Crippen LogP contribution is -2.50. The maximum absolute atomic E-state index is 11.2. The van der Waals surface area contributed by atoms with Gasteiger partial charge in [0.05, 0.1) is 0 Å². The summed E-state index contributed by atoms with van der Waals surface area (Å²) in [7, 11) is 0. The summed E-state index contributed by atoms with van der Waals surface area (Å²) >= 11 is 0. The molecule has 0 unspecified atom stereocenters. The van der Waals surface area contributed by atoms with Crippen molar-refractivity contribution in [2.24, 2.45) is 41.4 Å². The van der Waals surface area contributed by atoms with Crippen molar-refractivity contribution in [3.05, 3.63) is 48.1 Å². The molecule has 0 saturated heterocycles. The highest BCUT2D eigenvalue weighted by atomic mass is 16.7. The molecule has 5 aliphatic rings. The van der Waals surface area contributed by atoms with Gasteiger partial charge >= 0.3 is 5.97 Å². The minimum absolute atomic E-state index is 0.309. The van der Waals surface area contributed by atoms with Gasteiger partial charge in [-0.1, -0.05) is 30.4 Å². The van der Waals surface area contributed by atoms with E-state index in [1.54, 1.807) is 0 Å². The minimum Gasteiger partial charge on any atom is -0.481 e. The Labute approximate surface area is 152 Å². The molecule has 6 rings (SSSR count). The normalized spacial score (nSPS) is 43.1. The summed E-state index contributed by atoms with van der Waals surface area (Å²) in [5.41, 5.74) is 1.29. The summed E-state index contributed by atoms with van der Waals surface area (Å²) in [5, 5.41) is 9.26. The molecule has 0 amide bonds. The first-order valence-corrected chi connectivity index (χ1v) is 9.69. The van der Waals surface area contributed by atoms with Crippen LogP contribution < -0.4 is 9.47 Å². The SMILES string of the molecule is O=C(O)C[C@@H]1[C@H]2C=C[C@@H]3[C@@H]4[C@H]2[C@H]1C[C@H]4C=C[C@H]3c1ccc2c(c1)OCO2. The Morgan fingerprint density at radius 1 is 1.04 bits per heavy atom. The third-order valence-corrected chi connectivity index (χ3v) is 7.64. The van der Waals surface area contributed by atoms with Gasteiger partial charge in [-0.05, 0) is 65.5 Å². The van der Waals surface area contributed by atoms with Crippen LogP contribution in [0.1, 0.15) is 24.3 Å². The smallest absolute Gasteiger partial charge is 0.303 e. The van der Waals surface area contributed by atoms with Gasteiger partial charge in [0.2, 0.25) is 6.79 Å². The first kappa shape index (κ1) is 14.9. The second-order valence-electron chi connectivity index (χ2n) is 8.54. The standard InChI is InChI=1S/C22H22O4/c23-20(24)9-16-15-5-4-14-13(3-1-12-7-17(16)22(15)21(12)14)11-2-6-18-19(8-11)26-10-25-18/h1-6,8,12-17,21-22H,7,9-10H2,(H,23,24)/t12-,13+,14+,15-,16-,17+,21-,22-/m1/s1. The van der Waals surface area contributed by atoms with E-state index in [0.29, 0.717) is 60.6 Å². The van der Waals surface area contributed by atoms with Gasteiger partial charge in [0, 0.05) is 12.3 Å². The van der Waals surface area contributed by atoms with E-state index in [9.17, 15) is 9.90 Å². The highest BCUT2D eigenvalue weighted by Gasteiger charge is 2.62. The lowest BCUT2D eigenvalue weighted by molar-refractivity contribution is -0.142. The predicted molar refractivity (Wildman–Crippen MR) is 94.9 cm³/mol. The van der Waals surface area contributed by atoms with Gasteiger partial charge in [0.25, 0.3) is 0 Å². The number of carboxylic acids is 1. The number of fused-ring (bicyclic) bond motifs is 1. The van der Waals surface area contributed by atoms with Crippen molar-refractivity contribution in [2.45, 2.75) is 18.8 Å². The molecule has 2 fully saturated rings. The first-order chi connectivity index (χ1) is 12.7. The average Bonchev–Trinajstić information content (AvgIpc) is 3.24. The van der Waals surface area contributed by atoms with Crippen LogP contribution in [0.3, 0.4) is 0 Å². The second kappa shape index (κ2) is 5.15. The minimum atomic E-state index is -0.646. The Morgan fingerprint density at radius 2 is 1.88 bits per heavy atom. The predicted octanol–water partition coefficient (Wildman–Crippen LogP) is 3.84. The van der Waals surface area contributed by atoms with Crippen LogP contribution in [0, 0.1) is 41.4 Å².